The van der Waals surface area contributed by atoms with Gasteiger partial charge in [-0.25, -0.2) is 4.68 Å². The molecule has 2 heterocycles. The van der Waals surface area contributed by atoms with Crippen LogP contribution in [0.1, 0.15) is 11.1 Å². The average molecular weight is 419 g/mol. The molecule has 0 saturated carbocycles. The molecular formula is C23H22N4O2S. The van der Waals surface area contributed by atoms with Crippen molar-refractivity contribution in [1.82, 2.24) is 19.7 Å². The van der Waals surface area contributed by atoms with Gasteiger partial charge in [-0.05, 0) is 42.7 Å². The van der Waals surface area contributed by atoms with Crippen molar-refractivity contribution < 1.29 is 4.79 Å². The molecule has 4 rings (SSSR count). The van der Waals surface area contributed by atoms with Crippen molar-refractivity contribution in [2.24, 2.45) is 0 Å². The maximum absolute atomic E-state index is 12.4. The van der Waals surface area contributed by atoms with Crippen LogP contribution in [0, 0.1) is 6.92 Å². The molecule has 0 aliphatic rings. The number of rotatable bonds is 7. The van der Waals surface area contributed by atoms with Crippen LogP contribution in [0.15, 0.2) is 77.2 Å². The number of nitrogens with one attached hydrogen (secondary N) is 1. The zero-order valence-electron chi connectivity index (χ0n) is 16.6. The van der Waals surface area contributed by atoms with Crippen molar-refractivity contribution in [3.63, 3.8) is 0 Å². The number of hydrogen-bond acceptors (Lipinski definition) is 4. The average Bonchev–Trinajstić information content (AvgIpc) is 3.40. The van der Waals surface area contributed by atoms with E-state index in [4.69, 9.17) is 0 Å². The van der Waals surface area contributed by atoms with Crippen LogP contribution < -0.4 is 10.2 Å². The summed E-state index contributed by atoms with van der Waals surface area (Å²) in [6.45, 7) is 2.55. The number of amides is 1. The van der Waals surface area contributed by atoms with Crippen LogP contribution in [0.2, 0.25) is 0 Å². The number of carbonyl (C=O) groups excluding carboxylic acids is 1. The van der Waals surface area contributed by atoms with Crippen molar-refractivity contribution >= 4 is 17.2 Å². The van der Waals surface area contributed by atoms with Crippen LogP contribution in [-0.4, -0.2) is 26.8 Å². The van der Waals surface area contributed by atoms with E-state index in [1.165, 1.54) is 4.57 Å². The second-order valence-corrected chi connectivity index (χ2v) is 7.88. The molecule has 0 spiro atoms. The van der Waals surface area contributed by atoms with E-state index in [1.807, 2.05) is 67.7 Å². The number of aryl methyl sites for hydroxylation is 1. The Morgan fingerprint density at radius 2 is 1.87 bits per heavy atom. The topological polar surface area (TPSA) is 68.9 Å². The Hall–Kier alpha value is -3.45. The van der Waals surface area contributed by atoms with Gasteiger partial charge in [-0.15, -0.1) is 0 Å². The first kappa shape index (κ1) is 19.8. The zero-order chi connectivity index (χ0) is 20.9. The molecule has 7 heteroatoms. The van der Waals surface area contributed by atoms with Crippen molar-refractivity contribution in [2.45, 2.75) is 19.9 Å². The highest BCUT2D eigenvalue weighted by Crippen LogP contribution is 2.20. The summed E-state index contributed by atoms with van der Waals surface area (Å²) in [7, 11) is 0. The summed E-state index contributed by atoms with van der Waals surface area (Å²) >= 11 is 1.11. The van der Waals surface area contributed by atoms with Gasteiger partial charge in [0.2, 0.25) is 5.91 Å². The van der Waals surface area contributed by atoms with Gasteiger partial charge in [-0.1, -0.05) is 53.3 Å². The molecule has 0 radical (unpaired) electrons. The largest absolute Gasteiger partial charge is 0.354 e. The molecule has 0 saturated heterocycles. The summed E-state index contributed by atoms with van der Waals surface area (Å²) < 4.78 is 3.33. The van der Waals surface area contributed by atoms with E-state index >= 15 is 0 Å². The number of thiazole rings is 1. The van der Waals surface area contributed by atoms with Gasteiger partial charge in [0.15, 0.2) is 0 Å². The predicted molar refractivity (Wildman–Crippen MR) is 119 cm³/mol. The molecule has 30 heavy (non-hydrogen) atoms. The van der Waals surface area contributed by atoms with E-state index in [-0.39, 0.29) is 17.3 Å². The van der Waals surface area contributed by atoms with Crippen LogP contribution in [0.25, 0.3) is 16.9 Å². The Balaban J connectivity index is 1.34. The summed E-state index contributed by atoms with van der Waals surface area (Å²) in [6, 6.07) is 17.9. The normalized spacial score (nSPS) is 10.8. The molecule has 0 unspecified atom stereocenters. The van der Waals surface area contributed by atoms with Crippen molar-refractivity contribution in [1.29, 1.82) is 0 Å². The molecule has 4 aromatic rings. The molecule has 6 nitrogen and oxygen atoms in total. The molecular weight excluding hydrogens is 396 g/mol. The summed E-state index contributed by atoms with van der Waals surface area (Å²) in [5.74, 6) is -0.169. The second-order valence-electron chi connectivity index (χ2n) is 7.06. The highest BCUT2D eigenvalue weighted by molar-refractivity contribution is 7.07. The van der Waals surface area contributed by atoms with Gasteiger partial charge in [0, 0.05) is 24.3 Å². The molecule has 0 atom stereocenters. The Bertz CT molecular complexity index is 1170. The second kappa shape index (κ2) is 8.92. The van der Waals surface area contributed by atoms with Gasteiger partial charge >= 0.3 is 4.87 Å². The van der Waals surface area contributed by atoms with Crippen molar-refractivity contribution in [3.05, 3.63) is 93.2 Å². The van der Waals surface area contributed by atoms with E-state index in [0.717, 1.165) is 39.4 Å². The van der Waals surface area contributed by atoms with Crippen LogP contribution in [0.3, 0.4) is 0 Å². The Kier molecular flexibility index (Phi) is 5.90. The van der Waals surface area contributed by atoms with Crippen LogP contribution >= 0.6 is 11.3 Å². The first-order valence-corrected chi connectivity index (χ1v) is 10.6. The third kappa shape index (κ3) is 4.58. The van der Waals surface area contributed by atoms with E-state index in [1.54, 1.807) is 16.3 Å². The SMILES string of the molecule is Cc1ccc(-c2csc(=O)n2CC(=O)NCCc2ccc(-n3cccn3)cc2)cc1. The molecule has 152 valence electrons. The van der Waals surface area contributed by atoms with Crippen molar-refractivity contribution in [2.75, 3.05) is 6.54 Å². The van der Waals surface area contributed by atoms with Gasteiger partial charge in [0.05, 0.1) is 11.4 Å². The number of aromatic nitrogens is 3. The standard InChI is InChI=1S/C23H22N4O2S/c1-17-3-7-19(8-4-17)21-16-30-23(29)26(21)15-22(28)24-13-11-18-5-9-20(10-6-18)27-14-2-12-25-27/h2-10,12,14,16H,11,13,15H2,1H3,(H,24,28). The lowest BCUT2D eigenvalue weighted by atomic mass is 10.1. The maximum Gasteiger partial charge on any atom is 0.308 e. The monoisotopic (exact) mass is 418 g/mol. The third-order valence-electron chi connectivity index (χ3n) is 4.87. The quantitative estimate of drug-likeness (QED) is 0.500. The lowest BCUT2D eigenvalue weighted by Gasteiger charge is -2.09. The van der Waals surface area contributed by atoms with E-state index in [9.17, 15) is 9.59 Å². The highest BCUT2D eigenvalue weighted by Gasteiger charge is 2.12. The lowest BCUT2D eigenvalue weighted by molar-refractivity contribution is -0.121. The van der Waals surface area contributed by atoms with Gasteiger partial charge < -0.3 is 5.32 Å². The minimum absolute atomic E-state index is 0.0176. The van der Waals surface area contributed by atoms with Gasteiger partial charge in [-0.3, -0.25) is 14.2 Å². The number of benzene rings is 2. The molecule has 0 aliphatic carbocycles. The van der Waals surface area contributed by atoms with E-state index < -0.39 is 0 Å². The number of hydrogen-bond donors (Lipinski definition) is 1. The van der Waals surface area contributed by atoms with Crippen molar-refractivity contribution in [3.8, 4) is 16.9 Å². The fraction of sp³-hybridized carbons (Fsp3) is 0.174. The predicted octanol–water partition coefficient (Wildman–Crippen LogP) is 3.43. The Morgan fingerprint density at radius 3 is 2.57 bits per heavy atom. The maximum atomic E-state index is 12.4. The molecule has 0 fully saturated rings. The van der Waals surface area contributed by atoms with Gasteiger partial charge in [-0.2, -0.15) is 5.10 Å². The molecule has 0 aliphatic heterocycles. The summed E-state index contributed by atoms with van der Waals surface area (Å²) in [5, 5.41) is 8.93. The zero-order valence-corrected chi connectivity index (χ0v) is 17.4. The molecule has 2 aromatic carbocycles. The Labute approximate surface area is 178 Å². The fourth-order valence-electron chi connectivity index (χ4n) is 3.21. The molecule has 2 aromatic heterocycles. The number of carbonyl (C=O) groups is 1. The summed E-state index contributed by atoms with van der Waals surface area (Å²) in [5.41, 5.74) is 4.98. The summed E-state index contributed by atoms with van der Waals surface area (Å²) in [4.78, 5) is 24.5. The smallest absolute Gasteiger partial charge is 0.308 e. The summed E-state index contributed by atoms with van der Waals surface area (Å²) in [6.07, 6.45) is 4.35. The molecule has 1 N–H and O–H groups in total. The highest BCUT2D eigenvalue weighted by atomic mass is 32.1. The first-order chi connectivity index (χ1) is 14.6. The minimum atomic E-state index is -0.169. The molecule has 0 bridgehead atoms. The van der Waals surface area contributed by atoms with E-state index in [2.05, 4.69) is 10.4 Å². The lowest BCUT2D eigenvalue weighted by Crippen LogP contribution is -2.32. The Morgan fingerprint density at radius 1 is 1.10 bits per heavy atom. The van der Waals surface area contributed by atoms with Crippen LogP contribution in [-0.2, 0) is 17.8 Å². The van der Waals surface area contributed by atoms with Gasteiger partial charge in [0.1, 0.15) is 6.54 Å². The minimum Gasteiger partial charge on any atom is -0.354 e. The fourth-order valence-corrected chi connectivity index (χ4v) is 3.98. The van der Waals surface area contributed by atoms with Gasteiger partial charge in [0.25, 0.3) is 0 Å². The third-order valence-corrected chi connectivity index (χ3v) is 5.64. The van der Waals surface area contributed by atoms with Crippen LogP contribution in [0.5, 0.6) is 0 Å². The first-order valence-electron chi connectivity index (χ1n) is 9.71. The number of nitrogens with zero attached hydrogens (tertiary/aromatic N) is 3. The van der Waals surface area contributed by atoms with Crippen LogP contribution in [0.4, 0.5) is 0 Å². The molecule has 1 amide bonds. The van der Waals surface area contributed by atoms with E-state index in [0.29, 0.717) is 13.0 Å².